The largest absolute Gasteiger partial charge is 0.497 e. The second-order valence-corrected chi connectivity index (χ2v) is 6.45. The van der Waals surface area contributed by atoms with Crippen LogP contribution in [-0.2, 0) is 11.2 Å². The van der Waals surface area contributed by atoms with Gasteiger partial charge in [-0.25, -0.2) is 0 Å². The van der Waals surface area contributed by atoms with E-state index >= 15 is 0 Å². The molecule has 0 saturated carbocycles. The number of carbonyl (C=O) groups is 1. The number of methoxy groups -OCH3 is 1. The van der Waals surface area contributed by atoms with E-state index in [2.05, 4.69) is 12.2 Å². The van der Waals surface area contributed by atoms with Crippen molar-refractivity contribution in [2.45, 2.75) is 46.1 Å². The average Bonchev–Trinajstić information content (AvgIpc) is 2.72. The van der Waals surface area contributed by atoms with E-state index in [1.807, 2.05) is 56.3 Å². The Morgan fingerprint density at radius 2 is 1.64 bits per heavy atom. The van der Waals surface area contributed by atoms with Gasteiger partial charge in [0.25, 0.3) is 0 Å². The Bertz CT molecular complexity index is 743. The molecular weight excluding hydrogens is 354 g/mol. The standard InChI is InChI=1S/C23H31NO4/c1-5-20(18-10-12-19(26-4)13-11-18)24-23(25)15-9-17-8-14-21(27-6-2)22(16-17)28-7-3/h8,10-14,16,20H,5-7,9,15H2,1-4H3,(H,24,25)/t20-/m0/s1. The summed E-state index contributed by atoms with van der Waals surface area (Å²) in [6, 6.07) is 13.7. The van der Waals surface area contributed by atoms with E-state index in [-0.39, 0.29) is 11.9 Å². The van der Waals surface area contributed by atoms with Crippen molar-refractivity contribution in [2.75, 3.05) is 20.3 Å². The number of benzene rings is 2. The molecular formula is C23H31NO4. The van der Waals surface area contributed by atoms with E-state index < -0.39 is 0 Å². The molecule has 0 aliphatic carbocycles. The average molecular weight is 386 g/mol. The van der Waals surface area contributed by atoms with Crippen molar-refractivity contribution < 1.29 is 19.0 Å². The fourth-order valence-corrected chi connectivity index (χ4v) is 3.03. The second kappa shape index (κ2) is 11.2. The van der Waals surface area contributed by atoms with Crippen LogP contribution in [0.5, 0.6) is 17.2 Å². The molecule has 0 heterocycles. The summed E-state index contributed by atoms with van der Waals surface area (Å²) in [7, 11) is 1.64. The zero-order chi connectivity index (χ0) is 20.4. The lowest BCUT2D eigenvalue weighted by atomic mass is 10.0. The van der Waals surface area contributed by atoms with Gasteiger partial charge in [0, 0.05) is 6.42 Å². The molecule has 0 radical (unpaired) electrons. The number of rotatable bonds is 11. The quantitative estimate of drug-likeness (QED) is 0.609. The lowest BCUT2D eigenvalue weighted by Crippen LogP contribution is -2.28. The number of hydrogen-bond acceptors (Lipinski definition) is 4. The summed E-state index contributed by atoms with van der Waals surface area (Å²) in [5.41, 5.74) is 2.14. The number of aryl methyl sites for hydroxylation is 1. The monoisotopic (exact) mass is 385 g/mol. The Morgan fingerprint density at radius 1 is 0.964 bits per heavy atom. The van der Waals surface area contributed by atoms with E-state index in [9.17, 15) is 4.79 Å². The molecule has 1 amide bonds. The Morgan fingerprint density at radius 3 is 2.25 bits per heavy atom. The predicted octanol–water partition coefficient (Wildman–Crippen LogP) is 4.69. The SMILES string of the molecule is CCOc1ccc(CCC(=O)N[C@@H](CC)c2ccc(OC)cc2)cc1OCC. The molecule has 28 heavy (non-hydrogen) atoms. The Hall–Kier alpha value is -2.69. The maximum Gasteiger partial charge on any atom is 0.220 e. The first-order chi connectivity index (χ1) is 13.6. The maximum atomic E-state index is 12.5. The molecule has 1 atom stereocenters. The van der Waals surface area contributed by atoms with E-state index in [0.29, 0.717) is 26.1 Å². The highest BCUT2D eigenvalue weighted by Crippen LogP contribution is 2.29. The summed E-state index contributed by atoms with van der Waals surface area (Å²) in [6.45, 7) is 7.12. The third kappa shape index (κ3) is 6.19. The highest BCUT2D eigenvalue weighted by Gasteiger charge is 2.13. The summed E-state index contributed by atoms with van der Waals surface area (Å²) in [5, 5.41) is 3.13. The van der Waals surface area contributed by atoms with Crippen LogP contribution in [0.1, 0.15) is 50.8 Å². The molecule has 0 bridgehead atoms. The fraction of sp³-hybridized carbons (Fsp3) is 0.435. The van der Waals surface area contributed by atoms with Crippen molar-refractivity contribution in [1.29, 1.82) is 0 Å². The van der Waals surface area contributed by atoms with Crippen molar-refractivity contribution in [1.82, 2.24) is 5.32 Å². The molecule has 0 aliphatic heterocycles. The fourth-order valence-electron chi connectivity index (χ4n) is 3.03. The molecule has 0 fully saturated rings. The van der Waals surface area contributed by atoms with Crippen LogP contribution in [0.4, 0.5) is 0 Å². The molecule has 152 valence electrons. The molecule has 0 unspecified atom stereocenters. The van der Waals surface area contributed by atoms with Gasteiger partial charge in [-0.2, -0.15) is 0 Å². The van der Waals surface area contributed by atoms with E-state index in [0.717, 1.165) is 34.8 Å². The Labute approximate surface area is 168 Å². The van der Waals surface area contributed by atoms with Crippen molar-refractivity contribution in [3.05, 3.63) is 53.6 Å². The van der Waals surface area contributed by atoms with Gasteiger partial charge in [0.1, 0.15) is 5.75 Å². The minimum absolute atomic E-state index is 0.00211. The summed E-state index contributed by atoms with van der Waals surface area (Å²) in [5.74, 6) is 2.31. The van der Waals surface area contributed by atoms with Crippen molar-refractivity contribution in [3.63, 3.8) is 0 Å². The first-order valence-electron chi connectivity index (χ1n) is 9.93. The molecule has 0 spiro atoms. The maximum absolute atomic E-state index is 12.5. The minimum Gasteiger partial charge on any atom is -0.497 e. The lowest BCUT2D eigenvalue weighted by Gasteiger charge is -2.18. The smallest absolute Gasteiger partial charge is 0.220 e. The summed E-state index contributed by atoms with van der Waals surface area (Å²) < 4.78 is 16.4. The third-order valence-corrected chi connectivity index (χ3v) is 4.51. The van der Waals surface area contributed by atoms with Gasteiger partial charge in [-0.05, 0) is 62.1 Å². The van der Waals surface area contributed by atoms with Crippen molar-refractivity contribution in [3.8, 4) is 17.2 Å². The van der Waals surface area contributed by atoms with Crippen molar-refractivity contribution in [2.24, 2.45) is 0 Å². The normalized spacial score (nSPS) is 11.6. The predicted molar refractivity (Wildman–Crippen MR) is 111 cm³/mol. The number of amides is 1. The molecule has 2 rings (SSSR count). The Balaban J connectivity index is 1.95. The molecule has 5 heteroatoms. The van der Waals surface area contributed by atoms with Gasteiger partial charge < -0.3 is 19.5 Å². The van der Waals surface area contributed by atoms with E-state index in [4.69, 9.17) is 14.2 Å². The summed E-state index contributed by atoms with van der Waals surface area (Å²) in [4.78, 5) is 12.5. The number of carbonyl (C=O) groups excluding carboxylic acids is 1. The van der Waals surface area contributed by atoms with Crippen molar-refractivity contribution >= 4 is 5.91 Å². The van der Waals surface area contributed by atoms with E-state index in [1.165, 1.54) is 0 Å². The van der Waals surface area contributed by atoms with Crippen LogP contribution >= 0.6 is 0 Å². The van der Waals surface area contributed by atoms with Crippen LogP contribution in [-0.4, -0.2) is 26.2 Å². The second-order valence-electron chi connectivity index (χ2n) is 6.45. The van der Waals surface area contributed by atoms with Gasteiger partial charge in [0.15, 0.2) is 11.5 Å². The highest BCUT2D eigenvalue weighted by molar-refractivity contribution is 5.76. The summed E-state index contributed by atoms with van der Waals surface area (Å²) in [6.07, 6.45) is 1.90. The summed E-state index contributed by atoms with van der Waals surface area (Å²) >= 11 is 0. The van der Waals surface area contributed by atoms with Crippen LogP contribution in [0.3, 0.4) is 0 Å². The number of ether oxygens (including phenoxy) is 3. The van der Waals surface area contributed by atoms with Gasteiger partial charge >= 0.3 is 0 Å². The molecule has 5 nitrogen and oxygen atoms in total. The minimum atomic E-state index is -0.00211. The number of nitrogens with one attached hydrogen (secondary N) is 1. The third-order valence-electron chi connectivity index (χ3n) is 4.51. The number of hydrogen-bond donors (Lipinski definition) is 1. The van der Waals surface area contributed by atoms with Gasteiger partial charge in [-0.1, -0.05) is 25.1 Å². The molecule has 2 aromatic carbocycles. The van der Waals surface area contributed by atoms with Crippen LogP contribution in [0, 0.1) is 0 Å². The van der Waals surface area contributed by atoms with Crippen LogP contribution in [0.15, 0.2) is 42.5 Å². The zero-order valence-electron chi connectivity index (χ0n) is 17.3. The molecule has 0 saturated heterocycles. The topological polar surface area (TPSA) is 56.8 Å². The van der Waals surface area contributed by atoms with Crippen LogP contribution in [0.25, 0.3) is 0 Å². The Kier molecular flexibility index (Phi) is 8.66. The van der Waals surface area contributed by atoms with Crippen LogP contribution < -0.4 is 19.5 Å². The molecule has 2 aromatic rings. The highest BCUT2D eigenvalue weighted by atomic mass is 16.5. The first-order valence-corrected chi connectivity index (χ1v) is 9.93. The molecule has 0 aromatic heterocycles. The van der Waals surface area contributed by atoms with Crippen LogP contribution in [0.2, 0.25) is 0 Å². The first kappa shape index (κ1) is 21.6. The zero-order valence-corrected chi connectivity index (χ0v) is 17.3. The van der Waals surface area contributed by atoms with Gasteiger partial charge in [0.05, 0.1) is 26.4 Å². The van der Waals surface area contributed by atoms with Gasteiger partial charge in [0.2, 0.25) is 5.91 Å². The van der Waals surface area contributed by atoms with Gasteiger partial charge in [-0.15, -0.1) is 0 Å². The molecule has 1 N–H and O–H groups in total. The van der Waals surface area contributed by atoms with Gasteiger partial charge in [-0.3, -0.25) is 4.79 Å². The van der Waals surface area contributed by atoms with E-state index in [1.54, 1.807) is 7.11 Å². The lowest BCUT2D eigenvalue weighted by molar-refractivity contribution is -0.121. The molecule has 0 aliphatic rings.